The summed E-state index contributed by atoms with van der Waals surface area (Å²) < 4.78 is 9.32. The molecular formula is C17H22N6O2. The zero-order valence-corrected chi connectivity index (χ0v) is 14.6. The molecule has 3 aromatic rings. The van der Waals surface area contributed by atoms with E-state index in [0.717, 1.165) is 16.7 Å². The molecule has 0 atom stereocenters. The number of carbonyl (C=O) groups is 1. The van der Waals surface area contributed by atoms with Gasteiger partial charge in [0.05, 0.1) is 17.0 Å². The standard InChI is InChI=1S/C17H22N6O2/c1-12(2)25-14-7-4-6-13-16(14)17(21-22(13)3)20-15(24)8-5-9-23-11-18-10-19-23/h4,6-7,10-12H,5,8-9H2,1-3H3,(H,20,21,24). The number of carbonyl (C=O) groups excluding carboxylic acids is 1. The Morgan fingerprint density at radius 1 is 1.36 bits per heavy atom. The van der Waals surface area contributed by atoms with Crippen molar-refractivity contribution in [1.82, 2.24) is 24.5 Å². The average Bonchev–Trinajstić information content (AvgIpc) is 3.16. The van der Waals surface area contributed by atoms with Crippen molar-refractivity contribution in [3.63, 3.8) is 0 Å². The zero-order chi connectivity index (χ0) is 17.8. The molecule has 0 unspecified atom stereocenters. The van der Waals surface area contributed by atoms with Gasteiger partial charge in [-0.05, 0) is 32.4 Å². The van der Waals surface area contributed by atoms with Crippen LogP contribution in [0.1, 0.15) is 26.7 Å². The molecular weight excluding hydrogens is 320 g/mol. The van der Waals surface area contributed by atoms with Gasteiger partial charge in [-0.3, -0.25) is 14.2 Å². The second-order valence-electron chi connectivity index (χ2n) is 6.10. The molecule has 0 radical (unpaired) electrons. The topological polar surface area (TPSA) is 86.9 Å². The fraction of sp³-hybridized carbons (Fsp3) is 0.412. The third-order valence-corrected chi connectivity index (χ3v) is 3.72. The molecule has 0 saturated heterocycles. The van der Waals surface area contributed by atoms with Crippen LogP contribution in [0.2, 0.25) is 0 Å². The lowest BCUT2D eigenvalue weighted by Gasteiger charge is -2.11. The summed E-state index contributed by atoms with van der Waals surface area (Å²) in [5.41, 5.74) is 0.913. The van der Waals surface area contributed by atoms with E-state index >= 15 is 0 Å². The predicted molar refractivity (Wildman–Crippen MR) is 94.4 cm³/mol. The molecule has 2 aromatic heterocycles. The van der Waals surface area contributed by atoms with Crippen LogP contribution in [0.15, 0.2) is 30.9 Å². The van der Waals surface area contributed by atoms with Crippen molar-refractivity contribution in [2.45, 2.75) is 39.3 Å². The molecule has 0 bridgehead atoms. The number of aromatic nitrogens is 5. The number of fused-ring (bicyclic) bond motifs is 1. The van der Waals surface area contributed by atoms with Gasteiger partial charge in [-0.2, -0.15) is 10.2 Å². The summed E-state index contributed by atoms with van der Waals surface area (Å²) in [7, 11) is 1.85. The van der Waals surface area contributed by atoms with E-state index in [1.807, 2.05) is 39.1 Å². The number of nitrogens with zero attached hydrogens (tertiary/aromatic N) is 5. The number of aryl methyl sites for hydroxylation is 2. The molecule has 0 fully saturated rings. The molecule has 8 nitrogen and oxygen atoms in total. The summed E-state index contributed by atoms with van der Waals surface area (Å²) in [6.07, 6.45) is 4.22. The number of ether oxygens (including phenoxy) is 1. The van der Waals surface area contributed by atoms with Gasteiger partial charge >= 0.3 is 0 Å². The number of nitrogens with one attached hydrogen (secondary N) is 1. The molecule has 1 amide bonds. The van der Waals surface area contributed by atoms with Crippen molar-refractivity contribution in [3.8, 4) is 5.75 Å². The number of rotatable bonds is 7. The first kappa shape index (κ1) is 16.9. The van der Waals surface area contributed by atoms with E-state index in [1.54, 1.807) is 15.7 Å². The first-order chi connectivity index (χ1) is 12.0. The van der Waals surface area contributed by atoms with Gasteiger partial charge in [-0.25, -0.2) is 4.98 Å². The molecule has 0 aliphatic heterocycles. The van der Waals surface area contributed by atoms with Crippen LogP contribution in [-0.2, 0) is 18.4 Å². The highest BCUT2D eigenvalue weighted by Crippen LogP contribution is 2.32. The van der Waals surface area contributed by atoms with E-state index in [4.69, 9.17) is 4.74 Å². The summed E-state index contributed by atoms with van der Waals surface area (Å²) in [6, 6.07) is 5.77. The van der Waals surface area contributed by atoms with Crippen LogP contribution in [0, 0.1) is 0 Å². The lowest BCUT2D eigenvalue weighted by atomic mass is 10.2. The zero-order valence-electron chi connectivity index (χ0n) is 14.6. The van der Waals surface area contributed by atoms with Crippen molar-refractivity contribution < 1.29 is 9.53 Å². The summed E-state index contributed by atoms with van der Waals surface area (Å²) in [6.45, 7) is 4.59. The van der Waals surface area contributed by atoms with Gasteiger partial charge in [0.15, 0.2) is 5.82 Å². The molecule has 1 aromatic carbocycles. The highest BCUT2D eigenvalue weighted by atomic mass is 16.5. The number of amides is 1. The Labute approximate surface area is 145 Å². The second-order valence-corrected chi connectivity index (χ2v) is 6.10. The highest BCUT2D eigenvalue weighted by Gasteiger charge is 2.16. The SMILES string of the molecule is CC(C)Oc1cccc2c1c(NC(=O)CCCn1cncn1)nn2C. The summed E-state index contributed by atoms with van der Waals surface area (Å²) in [4.78, 5) is 16.2. The summed E-state index contributed by atoms with van der Waals surface area (Å²) in [5, 5.41) is 12.2. The largest absolute Gasteiger partial charge is 0.490 e. The van der Waals surface area contributed by atoms with E-state index in [1.165, 1.54) is 6.33 Å². The Morgan fingerprint density at radius 3 is 2.92 bits per heavy atom. The lowest BCUT2D eigenvalue weighted by molar-refractivity contribution is -0.116. The minimum Gasteiger partial charge on any atom is -0.490 e. The molecule has 0 spiro atoms. The third kappa shape index (κ3) is 3.96. The Bertz CT molecular complexity index is 854. The molecule has 25 heavy (non-hydrogen) atoms. The first-order valence-electron chi connectivity index (χ1n) is 8.29. The molecule has 0 saturated carbocycles. The Kier molecular flexibility index (Phi) is 4.97. The maximum atomic E-state index is 12.3. The summed E-state index contributed by atoms with van der Waals surface area (Å²) in [5.74, 6) is 1.16. The first-order valence-corrected chi connectivity index (χ1v) is 8.29. The fourth-order valence-corrected chi connectivity index (χ4v) is 2.67. The monoisotopic (exact) mass is 342 g/mol. The number of anilines is 1. The molecule has 0 aliphatic rings. The van der Waals surface area contributed by atoms with Gasteiger partial charge < -0.3 is 10.1 Å². The number of hydrogen-bond donors (Lipinski definition) is 1. The Balaban J connectivity index is 1.72. The minimum absolute atomic E-state index is 0.0389. The molecule has 8 heteroatoms. The average molecular weight is 342 g/mol. The smallest absolute Gasteiger partial charge is 0.225 e. The van der Waals surface area contributed by atoms with Gasteiger partial charge in [-0.1, -0.05) is 6.07 Å². The van der Waals surface area contributed by atoms with Crippen LogP contribution < -0.4 is 10.1 Å². The van der Waals surface area contributed by atoms with Gasteiger partial charge in [0.25, 0.3) is 0 Å². The van der Waals surface area contributed by atoms with Crippen LogP contribution in [-0.4, -0.2) is 36.6 Å². The number of benzene rings is 1. The van der Waals surface area contributed by atoms with Crippen LogP contribution >= 0.6 is 0 Å². The molecule has 1 N–H and O–H groups in total. The highest BCUT2D eigenvalue weighted by molar-refractivity contribution is 6.02. The predicted octanol–water partition coefficient (Wildman–Crippen LogP) is 2.37. The van der Waals surface area contributed by atoms with Crippen molar-refractivity contribution in [1.29, 1.82) is 0 Å². The Morgan fingerprint density at radius 2 is 2.20 bits per heavy atom. The molecule has 2 heterocycles. The van der Waals surface area contributed by atoms with Crippen molar-refractivity contribution in [3.05, 3.63) is 30.9 Å². The van der Waals surface area contributed by atoms with Crippen LogP contribution in [0.3, 0.4) is 0 Å². The fourth-order valence-electron chi connectivity index (χ4n) is 2.67. The normalized spacial score (nSPS) is 11.2. The molecule has 132 valence electrons. The maximum Gasteiger partial charge on any atom is 0.225 e. The third-order valence-electron chi connectivity index (χ3n) is 3.72. The Hall–Kier alpha value is -2.90. The summed E-state index contributed by atoms with van der Waals surface area (Å²) >= 11 is 0. The van der Waals surface area contributed by atoms with E-state index in [9.17, 15) is 4.79 Å². The van der Waals surface area contributed by atoms with E-state index < -0.39 is 0 Å². The van der Waals surface area contributed by atoms with Crippen molar-refractivity contribution >= 4 is 22.6 Å². The van der Waals surface area contributed by atoms with Gasteiger partial charge in [0.1, 0.15) is 18.4 Å². The van der Waals surface area contributed by atoms with Gasteiger partial charge in [-0.15, -0.1) is 0 Å². The molecule has 0 aliphatic carbocycles. The number of hydrogen-bond acceptors (Lipinski definition) is 5. The van der Waals surface area contributed by atoms with Crippen molar-refractivity contribution in [2.24, 2.45) is 7.05 Å². The van der Waals surface area contributed by atoms with E-state index in [0.29, 0.717) is 25.2 Å². The van der Waals surface area contributed by atoms with Gasteiger partial charge in [0.2, 0.25) is 5.91 Å². The van der Waals surface area contributed by atoms with Crippen molar-refractivity contribution in [2.75, 3.05) is 5.32 Å². The van der Waals surface area contributed by atoms with Gasteiger partial charge in [0, 0.05) is 20.0 Å². The second kappa shape index (κ2) is 7.33. The maximum absolute atomic E-state index is 12.3. The minimum atomic E-state index is -0.0838. The van der Waals surface area contributed by atoms with Crippen LogP contribution in [0.25, 0.3) is 10.9 Å². The molecule has 3 rings (SSSR count). The lowest BCUT2D eigenvalue weighted by Crippen LogP contribution is -2.13. The quantitative estimate of drug-likeness (QED) is 0.712. The van der Waals surface area contributed by atoms with E-state index in [-0.39, 0.29) is 12.0 Å². The van der Waals surface area contributed by atoms with Crippen LogP contribution in [0.5, 0.6) is 5.75 Å². The van der Waals surface area contributed by atoms with E-state index in [2.05, 4.69) is 20.5 Å². The van der Waals surface area contributed by atoms with Crippen LogP contribution in [0.4, 0.5) is 5.82 Å².